The summed E-state index contributed by atoms with van der Waals surface area (Å²) in [7, 11) is -2.32. The molecule has 1 aromatic heterocycles. The average molecular weight is 573 g/mol. The number of benzene rings is 2. The van der Waals surface area contributed by atoms with Gasteiger partial charge in [0.05, 0.1) is 23.4 Å². The van der Waals surface area contributed by atoms with Crippen LogP contribution in [0.2, 0.25) is 0 Å². The number of hydrogen-bond acceptors (Lipinski definition) is 7. The molecule has 15 heteroatoms. The van der Waals surface area contributed by atoms with Crippen LogP contribution in [0.4, 0.5) is 13.2 Å². The predicted octanol–water partition coefficient (Wildman–Crippen LogP) is 2.91. The molecule has 5 N–H and O–H groups in total. The number of nitrogens with one attached hydrogen (secondary N) is 2. The number of amidine groups is 1. The molecule has 1 fully saturated rings. The van der Waals surface area contributed by atoms with E-state index < -0.39 is 28.2 Å². The van der Waals surface area contributed by atoms with Gasteiger partial charge in [0.15, 0.2) is 0 Å². The monoisotopic (exact) mass is 572 g/mol. The summed E-state index contributed by atoms with van der Waals surface area (Å²) in [4.78, 5) is 24.9. The van der Waals surface area contributed by atoms with Crippen LogP contribution < -0.4 is 15.2 Å². The standard InChI is InChI=1S/C21H22N4O4S2.C2HF3O2/c1-29-15-4-2-13-3-6-17(11-14(13)10-15)31(27,28)24-18-8-9-25(21(18)26)12-16-5-7-19(30-16)20(22)23;3-2(4,5)1(6)7/h2-7,10-11,18,24H,8-9,12H2,1H3,(H3,22,23);(H,6,7). The number of ether oxygens (including phenoxy) is 1. The number of carboxylic acids is 1. The first-order chi connectivity index (χ1) is 17.7. The van der Waals surface area contributed by atoms with Gasteiger partial charge >= 0.3 is 12.1 Å². The van der Waals surface area contributed by atoms with Crippen molar-refractivity contribution >= 4 is 49.8 Å². The lowest BCUT2D eigenvalue weighted by Crippen LogP contribution is -2.41. The van der Waals surface area contributed by atoms with Crippen molar-refractivity contribution in [2.45, 2.75) is 30.1 Å². The molecule has 1 amide bonds. The fraction of sp³-hybridized carbons (Fsp3) is 0.261. The zero-order valence-corrected chi connectivity index (χ0v) is 21.4. The second kappa shape index (κ2) is 11.4. The Balaban J connectivity index is 0.000000505. The smallest absolute Gasteiger partial charge is 0.490 e. The van der Waals surface area contributed by atoms with Crippen LogP contribution in [0.15, 0.2) is 53.4 Å². The number of aliphatic carboxylic acids is 1. The van der Waals surface area contributed by atoms with E-state index in [-0.39, 0.29) is 16.6 Å². The zero-order chi connectivity index (χ0) is 28.3. The molecule has 0 saturated carbocycles. The Morgan fingerprint density at radius 2 is 1.87 bits per heavy atom. The highest BCUT2D eigenvalue weighted by molar-refractivity contribution is 7.89. The lowest BCUT2D eigenvalue weighted by molar-refractivity contribution is -0.192. The van der Waals surface area contributed by atoms with Gasteiger partial charge in [-0.3, -0.25) is 10.2 Å². The third-order valence-corrected chi connectivity index (χ3v) is 8.01. The van der Waals surface area contributed by atoms with Crippen molar-refractivity contribution in [2.24, 2.45) is 5.73 Å². The van der Waals surface area contributed by atoms with E-state index in [1.807, 2.05) is 18.2 Å². The van der Waals surface area contributed by atoms with Crippen LogP contribution >= 0.6 is 11.3 Å². The molecule has 1 aliphatic heterocycles. The van der Waals surface area contributed by atoms with Crippen molar-refractivity contribution < 1.29 is 41.0 Å². The van der Waals surface area contributed by atoms with E-state index in [1.54, 1.807) is 36.3 Å². The molecule has 1 atom stereocenters. The minimum atomic E-state index is -5.08. The highest BCUT2D eigenvalue weighted by atomic mass is 32.2. The summed E-state index contributed by atoms with van der Waals surface area (Å²) in [5.41, 5.74) is 5.49. The van der Waals surface area contributed by atoms with Crippen LogP contribution in [0.1, 0.15) is 16.2 Å². The zero-order valence-electron chi connectivity index (χ0n) is 19.8. The maximum Gasteiger partial charge on any atom is 0.490 e. The minimum absolute atomic E-state index is 0.0114. The van der Waals surface area contributed by atoms with Crippen molar-refractivity contribution in [1.29, 1.82) is 5.41 Å². The van der Waals surface area contributed by atoms with Crippen LogP contribution in [0.3, 0.4) is 0 Å². The fourth-order valence-electron chi connectivity index (χ4n) is 3.55. The van der Waals surface area contributed by atoms with Gasteiger partial charge in [-0.1, -0.05) is 12.1 Å². The molecular formula is C23H23F3N4O6S2. The Morgan fingerprint density at radius 1 is 1.21 bits per heavy atom. The lowest BCUT2D eigenvalue weighted by Gasteiger charge is -2.16. The van der Waals surface area contributed by atoms with E-state index >= 15 is 0 Å². The van der Waals surface area contributed by atoms with Gasteiger partial charge in [-0.2, -0.15) is 17.9 Å². The molecular weight excluding hydrogens is 549 g/mol. The third kappa shape index (κ3) is 6.99. The number of carbonyl (C=O) groups is 2. The van der Waals surface area contributed by atoms with Crippen molar-refractivity contribution in [3.05, 3.63) is 58.3 Å². The highest BCUT2D eigenvalue weighted by Gasteiger charge is 2.38. The van der Waals surface area contributed by atoms with Crippen molar-refractivity contribution in [3.8, 4) is 5.75 Å². The molecule has 10 nitrogen and oxygen atoms in total. The van der Waals surface area contributed by atoms with Crippen LogP contribution in [0, 0.1) is 5.41 Å². The van der Waals surface area contributed by atoms with Gasteiger partial charge in [-0.05, 0) is 53.6 Å². The quantitative estimate of drug-likeness (QED) is 0.250. The summed E-state index contributed by atoms with van der Waals surface area (Å²) in [5, 5.41) is 16.2. The Hall–Kier alpha value is -3.69. The van der Waals surface area contributed by atoms with Crippen LogP contribution in [-0.4, -0.2) is 62.0 Å². The van der Waals surface area contributed by atoms with Crippen molar-refractivity contribution in [2.75, 3.05) is 13.7 Å². The molecule has 2 aromatic carbocycles. The largest absolute Gasteiger partial charge is 0.497 e. The number of hydrogen-bond donors (Lipinski definition) is 4. The van der Waals surface area contributed by atoms with Crippen LogP contribution in [0.25, 0.3) is 10.8 Å². The predicted molar refractivity (Wildman–Crippen MR) is 134 cm³/mol. The number of nitrogens with zero attached hydrogens (tertiary/aromatic N) is 1. The SMILES string of the molecule is COc1ccc2ccc(S(=O)(=O)NC3CCN(Cc4ccc(C(=N)N)s4)C3=O)cc2c1.O=C(O)C(F)(F)F. The minimum Gasteiger partial charge on any atom is -0.497 e. The number of likely N-dealkylation sites (tertiary alicyclic amines) is 1. The van der Waals surface area contributed by atoms with E-state index in [4.69, 9.17) is 25.8 Å². The maximum atomic E-state index is 12.9. The van der Waals surface area contributed by atoms with Gasteiger partial charge in [0.25, 0.3) is 0 Å². The molecule has 1 aliphatic rings. The first kappa shape index (κ1) is 28.9. The Kier molecular flexibility index (Phi) is 8.64. The first-order valence-electron chi connectivity index (χ1n) is 10.8. The number of carboxylic acid groups (broad SMARTS) is 1. The van der Waals surface area contributed by atoms with Gasteiger partial charge in [0.2, 0.25) is 15.9 Å². The van der Waals surface area contributed by atoms with Gasteiger partial charge in [-0.25, -0.2) is 13.2 Å². The second-order valence-electron chi connectivity index (χ2n) is 8.08. The molecule has 0 radical (unpaired) electrons. The van der Waals surface area contributed by atoms with E-state index in [0.29, 0.717) is 30.1 Å². The van der Waals surface area contributed by atoms with E-state index in [1.165, 1.54) is 17.4 Å². The number of thiophene rings is 1. The summed E-state index contributed by atoms with van der Waals surface area (Å²) in [6, 6.07) is 13.1. The summed E-state index contributed by atoms with van der Waals surface area (Å²) < 4.78 is 65.4. The maximum absolute atomic E-state index is 12.9. The average Bonchev–Trinajstić information content (AvgIpc) is 3.45. The number of alkyl halides is 3. The number of fused-ring (bicyclic) bond motifs is 1. The van der Waals surface area contributed by atoms with Crippen molar-refractivity contribution in [3.63, 3.8) is 0 Å². The molecule has 4 rings (SSSR count). The number of amides is 1. The third-order valence-electron chi connectivity index (χ3n) is 5.44. The summed E-state index contributed by atoms with van der Waals surface area (Å²) >= 11 is 1.35. The fourth-order valence-corrected chi connectivity index (χ4v) is 5.70. The van der Waals surface area contributed by atoms with Gasteiger partial charge < -0.3 is 20.5 Å². The van der Waals surface area contributed by atoms with Gasteiger partial charge in [-0.15, -0.1) is 11.3 Å². The Bertz CT molecular complexity index is 1470. The summed E-state index contributed by atoms with van der Waals surface area (Å²) in [6.07, 6.45) is -4.69. The normalized spacial score (nSPS) is 15.7. The number of rotatable bonds is 7. The summed E-state index contributed by atoms with van der Waals surface area (Å²) in [5.74, 6) is -2.39. The molecule has 0 spiro atoms. The second-order valence-corrected chi connectivity index (χ2v) is 11.0. The molecule has 204 valence electrons. The number of nitrogen functional groups attached to an aromatic ring is 1. The van der Waals surface area contributed by atoms with Gasteiger partial charge in [0, 0.05) is 11.4 Å². The first-order valence-corrected chi connectivity index (χ1v) is 13.1. The van der Waals surface area contributed by atoms with E-state index in [2.05, 4.69) is 4.72 Å². The molecule has 0 bridgehead atoms. The topological polar surface area (TPSA) is 163 Å². The van der Waals surface area contributed by atoms with Crippen LogP contribution in [0.5, 0.6) is 5.75 Å². The van der Waals surface area contributed by atoms with Crippen molar-refractivity contribution in [1.82, 2.24) is 9.62 Å². The van der Waals surface area contributed by atoms with Crippen LogP contribution in [-0.2, 0) is 26.2 Å². The molecule has 3 aromatic rings. The van der Waals surface area contributed by atoms with E-state index in [9.17, 15) is 26.4 Å². The number of nitrogens with two attached hydrogens (primary N) is 1. The molecule has 2 heterocycles. The molecule has 1 saturated heterocycles. The van der Waals surface area contributed by atoms with Gasteiger partial charge in [0.1, 0.15) is 17.6 Å². The number of halogens is 3. The number of carbonyl (C=O) groups excluding carboxylic acids is 1. The Labute approximate surface area is 219 Å². The lowest BCUT2D eigenvalue weighted by atomic mass is 10.1. The van der Waals surface area contributed by atoms with E-state index in [0.717, 1.165) is 15.6 Å². The molecule has 1 unspecified atom stereocenters. The summed E-state index contributed by atoms with van der Waals surface area (Å²) in [6.45, 7) is 0.818. The number of methoxy groups -OCH3 is 1. The molecule has 38 heavy (non-hydrogen) atoms. The number of sulfonamides is 1. The Morgan fingerprint density at radius 3 is 2.45 bits per heavy atom. The highest BCUT2D eigenvalue weighted by Crippen LogP contribution is 2.25. The molecule has 0 aliphatic carbocycles.